The van der Waals surface area contributed by atoms with Gasteiger partial charge in [0.05, 0.1) is 23.2 Å². The molecule has 1 aromatic heterocycles. The summed E-state index contributed by atoms with van der Waals surface area (Å²) in [5, 5.41) is 11.2. The van der Waals surface area contributed by atoms with Crippen molar-refractivity contribution >= 4 is 28.1 Å². The molecule has 0 aliphatic heterocycles. The summed E-state index contributed by atoms with van der Waals surface area (Å²) < 4.78 is 0. The van der Waals surface area contributed by atoms with Gasteiger partial charge in [-0.15, -0.1) is 0 Å². The fourth-order valence-electron chi connectivity index (χ4n) is 2.21. The number of thiazole rings is 1. The Morgan fingerprint density at radius 1 is 1.33 bits per heavy atom. The summed E-state index contributed by atoms with van der Waals surface area (Å²) in [6, 6.07) is 8.10. The third-order valence-electron chi connectivity index (χ3n) is 3.63. The third-order valence-corrected chi connectivity index (χ3v) is 5.06. The zero-order valence-corrected chi connectivity index (χ0v) is 14.2. The summed E-state index contributed by atoms with van der Waals surface area (Å²) in [6.07, 6.45) is 1.95. The maximum Gasteiger partial charge on any atom is 0.186 e. The van der Waals surface area contributed by atoms with E-state index in [0.717, 1.165) is 33.6 Å². The number of nitrogens with zero attached hydrogens (tertiary/aromatic N) is 2. The van der Waals surface area contributed by atoms with Crippen LogP contribution >= 0.6 is 22.9 Å². The van der Waals surface area contributed by atoms with E-state index in [1.807, 2.05) is 31.3 Å². The highest BCUT2D eigenvalue weighted by molar-refractivity contribution is 7.15. The largest absolute Gasteiger partial charge is 0.391 e. The molecule has 21 heavy (non-hydrogen) atoms. The van der Waals surface area contributed by atoms with Crippen molar-refractivity contribution in [1.82, 2.24) is 4.98 Å². The normalized spacial score (nSPS) is 12.4. The lowest BCUT2D eigenvalue weighted by atomic mass is 10.1. The van der Waals surface area contributed by atoms with Crippen molar-refractivity contribution in [3.8, 4) is 0 Å². The van der Waals surface area contributed by atoms with Crippen LogP contribution in [0.15, 0.2) is 24.3 Å². The van der Waals surface area contributed by atoms with Crippen LogP contribution in [0.25, 0.3) is 0 Å². The maximum absolute atomic E-state index is 9.46. The second-order valence-electron chi connectivity index (χ2n) is 5.11. The Morgan fingerprint density at radius 2 is 2.00 bits per heavy atom. The molecule has 0 aliphatic rings. The van der Waals surface area contributed by atoms with Crippen molar-refractivity contribution in [1.29, 1.82) is 0 Å². The second-order valence-corrected chi connectivity index (χ2v) is 6.61. The van der Waals surface area contributed by atoms with Gasteiger partial charge in [0.2, 0.25) is 0 Å². The van der Waals surface area contributed by atoms with Crippen molar-refractivity contribution < 1.29 is 5.11 Å². The number of aliphatic hydroxyl groups excluding tert-OH is 1. The minimum atomic E-state index is 0.0656. The van der Waals surface area contributed by atoms with Crippen molar-refractivity contribution in [3.63, 3.8) is 0 Å². The fourth-order valence-corrected chi connectivity index (χ4v) is 3.34. The number of rotatable bonds is 6. The molecule has 0 saturated heterocycles. The smallest absolute Gasteiger partial charge is 0.186 e. The minimum absolute atomic E-state index is 0.0656. The molecule has 2 aromatic rings. The minimum Gasteiger partial charge on any atom is -0.391 e. The Hall–Kier alpha value is -1.10. The van der Waals surface area contributed by atoms with Gasteiger partial charge in [-0.1, -0.05) is 48.4 Å². The lowest BCUT2D eigenvalue weighted by Gasteiger charge is -2.24. The predicted octanol–water partition coefficient (Wildman–Crippen LogP) is 4.44. The van der Waals surface area contributed by atoms with E-state index in [4.69, 9.17) is 16.6 Å². The Bertz CT molecular complexity index is 582. The standard InChI is InChI=1S/C16H21ClN2OS/c1-4-5-14-15(10-20)21-16(18-14)19(3)11(2)12-6-8-13(17)9-7-12/h6-9,11,20H,4-5,10H2,1-3H3. The molecule has 2 rings (SSSR count). The Balaban J connectivity index is 2.22. The van der Waals surface area contributed by atoms with Crippen LogP contribution in [0, 0.1) is 0 Å². The zero-order valence-electron chi connectivity index (χ0n) is 12.6. The van der Waals surface area contributed by atoms with Crippen molar-refractivity contribution in [2.75, 3.05) is 11.9 Å². The molecule has 1 aromatic carbocycles. The molecule has 1 unspecified atom stereocenters. The molecule has 0 amide bonds. The van der Waals surface area contributed by atoms with E-state index in [1.54, 1.807) is 11.3 Å². The van der Waals surface area contributed by atoms with E-state index < -0.39 is 0 Å². The molecule has 114 valence electrons. The molecule has 1 heterocycles. The predicted molar refractivity (Wildman–Crippen MR) is 90.3 cm³/mol. The summed E-state index contributed by atoms with van der Waals surface area (Å²) in [5.41, 5.74) is 2.22. The monoisotopic (exact) mass is 324 g/mol. The second kappa shape index (κ2) is 7.25. The third kappa shape index (κ3) is 3.76. The van der Waals surface area contributed by atoms with E-state index in [1.165, 1.54) is 5.56 Å². The molecule has 0 radical (unpaired) electrons. The highest BCUT2D eigenvalue weighted by Gasteiger charge is 2.18. The first-order valence-corrected chi connectivity index (χ1v) is 8.34. The van der Waals surface area contributed by atoms with E-state index in [0.29, 0.717) is 0 Å². The molecule has 1 N–H and O–H groups in total. The number of anilines is 1. The SMILES string of the molecule is CCCc1nc(N(C)C(C)c2ccc(Cl)cc2)sc1CO. The van der Waals surface area contributed by atoms with Crippen LogP contribution in [0.4, 0.5) is 5.13 Å². The first kappa shape index (κ1) is 16.3. The van der Waals surface area contributed by atoms with Gasteiger partial charge < -0.3 is 10.0 Å². The van der Waals surface area contributed by atoms with Gasteiger partial charge in [-0.2, -0.15) is 0 Å². The highest BCUT2D eigenvalue weighted by atomic mass is 35.5. The maximum atomic E-state index is 9.46. The molecular weight excluding hydrogens is 304 g/mol. The average molecular weight is 325 g/mol. The van der Waals surface area contributed by atoms with Crippen LogP contribution in [0.3, 0.4) is 0 Å². The number of hydrogen-bond acceptors (Lipinski definition) is 4. The summed E-state index contributed by atoms with van der Waals surface area (Å²) in [5.74, 6) is 0. The van der Waals surface area contributed by atoms with Gasteiger partial charge in [0.25, 0.3) is 0 Å². The van der Waals surface area contributed by atoms with Crippen LogP contribution < -0.4 is 4.90 Å². The summed E-state index contributed by atoms with van der Waals surface area (Å²) in [7, 11) is 2.04. The van der Waals surface area contributed by atoms with Crippen molar-refractivity contribution in [3.05, 3.63) is 45.4 Å². The first-order valence-electron chi connectivity index (χ1n) is 7.14. The first-order chi connectivity index (χ1) is 10.1. The number of benzene rings is 1. The molecule has 0 fully saturated rings. The summed E-state index contributed by atoms with van der Waals surface area (Å²) in [6.45, 7) is 4.33. The number of hydrogen-bond donors (Lipinski definition) is 1. The van der Waals surface area contributed by atoms with Gasteiger partial charge in [0.15, 0.2) is 5.13 Å². The van der Waals surface area contributed by atoms with E-state index in [9.17, 15) is 5.11 Å². The van der Waals surface area contributed by atoms with Crippen molar-refractivity contribution in [2.45, 2.75) is 39.3 Å². The Kier molecular flexibility index (Phi) is 5.62. The number of aliphatic hydroxyl groups is 1. The highest BCUT2D eigenvalue weighted by Crippen LogP contribution is 2.32. The molecular formula is C16H21ClN2OS. The Morgan fingerprint density at radius 3 is 2.57 bits per heavy atom. The van der Waals surface area contributed by atoms with Gasteiger partial charge in [-0.3, -0.25) is 0 Å². The number of aromatic nitrogens is 1. The molecule has 1 atom stereocenters. The molecule has 0 bridgehead atoms. The molecule has 0 aliphatic carbocycles. The zero-order chi connectivity index (χ0) is 15.4. The average Bonchev–Trinajstić information content (AvgIpc) is 2.90. The van der Waals surface area contributed by atoms with Crippen LogP contribution in [0.5, 0.6) is 0 Å². The number of aryl methyl sites for hydroxylation is 1. The van der Waals surface area contributed by atoms with E-state index in [-0.39, 0.29) is 12.6 Å². The lowest BCUT2D eigenvalue weighted by molar-refractivity contribution is 0.284. The van der Waals surface area contributed by atoms with Gasteiger partial charge in [-0.05, 0) is 31.0 Å². The van der Waals surface area contributed by atoms with Crippen LogP contribution in [-0.2, 0) is 13.0 Å². The van der Waals surface area contributed by atoms with Gasteiger partial charge in [-0.25, -0.2) is 4.98 Å². The Labute approximate surface area is 135 Å². The lowest BCUT2D eigenvalue weighted by Crippen LogP contribution is -2.21. The molecule has 0 spiro atoms. The van der Waals surface area contributed by atoms with Crippen LogP contribution in [0.1, 0.15) is 42.4 Å². The van der Waals surface area contributed by atoms with Gasteiger partial charge in [0, 0.05) is 12.1 Å². The molecule has 5 heteroatoms. The topological polar surface area (TPSA) is 36.4 Å². The summed E-state index contributed by atoms with van der Waals surface area (Å²) in [4.78, 5) is 7.81. The molecule has 0 saturated carbocycles. The fraction of sp³-hybridized carbons (Fsp3) is 0.438. The number of halogens is 1. The van der Waals surface area contributed by atoms with Gasteiger partial charge in [0.1, 0.15) is 0 Å². The molecule has 3 nitrogen and oxygen atoms in total. The van der Waals surface area contributed by atoms with Crippen LogP contribution in [0.2, 0.25) is 5.02 Å². The summed E-state index contributed by atoms with van der Waals surface area (Å²) >= 11 is 7.51. The van der Waals surface area contributed by atoms with E-state index in [2.05, 4.69) is 18.7 Å². The van der Waals surface area contributed by atoms with Crippen molar-refractivity contribution in [2.24, 2.45) is 0 Å². The van der Waals surface area contributed by atoms with Gasteiger partial charge >= 0.3 is 0 Å². The van der Waals surface area contributed by atoms with E-state index >= 15 is 0 Å². The van der Waals surface area contributed by atoms with Crippen LogP contribution in [-0.4, -0.2) is 17.1 Å². The quantitative estimate of drug-likeness (QED) is 0.853.